The number of nitrogens with zero attached hydrogens (tertiary/aromatic N) is 5. The van der Waals surface area contributed by atoms with E-state index in [0.717, 1.165) is 15.7 Å². The van der Waals surface area contributed by atoms with Crippen molar-refractivity contribution in [2.24, 2.45) is 14.1 Å². The fourth-order valence-electron chi connectivity index (χ4n) is 2.89. The van der Waals surface area contributed by atoms with Crippen LogP contribution < -0.4 is 16.6 Å². The molecule has 150 valence electrons. The van der Waals surface area contributed by atoms with Crippen LogP contribution in [0.3, 0.4) is 0 Å². The number of amides is 1. The molecular formula is C20H22N6O3. The molecule has 3 heterocycles. The Morgan fingerprint density at radius 2 is 1.93 bits per heavy atom. The van der Waals surface area contributed by atoms with Crippen molar-refractivity contribution < 1.29 is 4.79 Å². The van der Waals surface area contributed by atoms with Gasteiger partial charge in [0.1, 0.15) is 12.4 Å². The van der Waals surface area contributed by atoms with Gasteiger partial charge in [0.2, 0.25) is 5.91 Å². The van der Waals surface area contributed by atoms with Crippen LogP contribution in [-0.2, 0) is 25.4 Å². The number of aromatic nitrogens is 5. The summed E-state index contributed by atoms with van der Waals surface area (Å²) in [5.74, 6) is 0.0453. The Morgan fingerprint density at radius 3 is 2.59 bits per heavy atom. The summed E-state index contributed by atoms with van der Waals surface area (Å²) in [5, 5.41) is 2.70. The highest BCUT2D eigenvalue weighted by Gasteiger charge is 2.16. The first-order valence-corrected chi connectivity index (χ1v) is 9.00. The van der Waals surface area contributed by atoms with E-state index in [9.17, 15) is 14.4 Å². The maximum absolute atomic E-state index is 12.4. The van der Waals surface area contributed by atoms with Crippen molar-refractivity contribution in [2.75, 3.05) is 5.32 Å². The zero-order valence-corrected chi connectivity index (χ0v) is 16.7. The lowest BCUT2D eigenvalue weighted by Gasteiger charge is -2.08. The molecule has 0 aromatic carbocycles. The van der Waals surface area contributed by atoms with Gasteiger partial charge in [0.05, 0.1) is 6.33 Å². The van der Waals surface area contributed by atoms with Crippen molar-refractivity contribution >= 4 is 28.5 Å². The average Bonchev–Trinajstić information content (AvgIpc) is 3.12. The smallest absolute Gasteiger partial charge is 0.315 e. The average molecular weight is 394 g/mol. The molecule has 0 bridgehead atoms. The van der Waals surface area contributed by atoms with Crippen molar-refractivity contribution in [2.45, 2.75) is 20.4 Å². The van der Waals surface area contributed by atoms with Crippen LogP contribution in [0.15, 0.2) is 52.5 Å². The summed E-state index contributed by atoms with van der Waals surface area (Å²) < 4.78 is 3.68. The van der Waals surface area contributed by atoms with Crippen LogP contribution >= 0.6 is 0 Å². The molecule has 0 unspecified atom stereocenters. The van der Waals surface area contributed by atoms with Crippen molar-refractivity contribution in [3.8, 4) is 0 Å². The Morgan fingerprint density at radius 1 is 1.17 bits per heavy atom. The van der Waals surface area contributed by atoms with Crippen molar-refractivity contribution in [1.29, 1.82) is 0 Å². The largest absolute Gasteiger partial charge is 0.332 e. The number of rotatable bonds is 5. The Balaban J connectivity index is 1.80. The number of aryl methyl sites for hydroxylation is 1. The highest BCUT2D eigenvalue weighted by Crippen LogP contribution is 2.15. The van der Waals surface area contributed by atoms with Gasteiger partial charge in [0.15, 0.2) is 11.2 Å². The molecule has 9 heteroatoms. The molecule has 9 nitrogen and oxygen atoms in total. The van der Waals surface area contributed by atoms with Gasteiger partial charge < -0.3 is 9.88 Å². The number of imidazole rings is 1. The quantitative estimate of drug-likeness (QED) is 0.660. The molecular weight excluding hydrogens is 372 g/mol. The van der Waals surface area contributed by atoms with Gasteiger partial charge in [-0.1, -0.05) is 18.2 Å². The fourth-order valence-corrected chi connectivity index (χ4v) is 2.89. The van der Waals surface area contributed by atoms with Gasteiger partial charge >= 0.3 is 5.69 Å². The molecule has 1 N–H and O–H groups in total. The monoisotopic (exact) mass is 394 g/mol. The molecule has 0 aliphatic rings. The number of fused-ring (bicyclic) bond motifs is 1. The molecule has 0 aliphatic carbocycles. The minimum atomic E-state index is -0.501. The van der Waals surface area contributed by atoms with Gasteiger partial charge in [-0.3, -0.25) is 18.7 Å². The summed E-state index contributed by atoms with van der Waals surface area (Å²) in [6, 6.07) is 3.59. The van der Waals surface area contributed by atoms with E-state index in [1.165, 1.54) is 29.6 Å². The summed E-state index contributed by atoms with van der Waals surface area (Å²) >= 11 is 0. The lowest BCUT2D eigenvalue weighted by atomic mass is 10.1. The molecule has 3 rings (SSSR count). The number of nitrogens with one attached hydrogen (secondary N) is 1. The third kappa shape index (κ3) is 3.93. The zero-order valence-electron chi connectivity index (χ0n) is 16.7. The summed E-state index contributed by atoms with van der Waals surface area (Å²) in [6.45, 7) is 3.79. The van der Waals surface area contributed by atoms with E-state index in [4.69, 9.17) is 0 Å². The number of pyridine rings is 1. The van der Waals surface area contributed by atoms with Crippen molar-refractivity contribution in [3.05, 3.63) is 69.3 Å². The first kappa shape index (κ1) is 20.0. The highest BCUT2D eigenvalue weighted by atomic mass is 16.2. The van der Waals surface area contributed by atoms with Gasteiger partial charge in [0, 0.05) is 20.3 Å². The molecule has 0 saturated carbocycles. The lowest BCUT2D eigenvalue weighted by molar-refractivity contribution is -0.116. The first-order valence-electron chi connectivity index (χ1n) is 9.00. The molecule has 3 aromatic heterocycles. The number of anilines is 1. The SMILES string of the molecule is CC=CC=C(C)c1ccc(NC(=O)Cn2cnc3c2c(=O)n(C)c(=O)n3C)nc1. The second-order valence-electron chi connectivity index (χ2n) is 6.61. The molecule has 29 heavy (non-hydrogen) atoms. The van der Waals surface area contributed by atoms with E-state index in [1.807, 2.05) is 38.1 Å². The second-order valence-corrected chi connectivity index (χ2v) is 6.61. The van der Waals surface area contributed by atoms with Crippen LogP contribution in [0.25, 0.3) is 16.7 Å². The molecule has 0 aliphatic heterocycles. The fraction of sp³-hybridized carbons (Fsp3) is 0.250. The maximum Gasteiger partial charge on any atom is 0.332 e. The molecule has 1 amide bonds. The molecule has 0 radical (unpaired) electrons. The lowest BCUT2D eigenvalue weighted by Crippen LogP contribution is -2.37. The third-order valence-electron chi connectivity index (χ3n) is 4.56. The van der Waals surface area contributed by atoms with Crippen LogP contribution in [0.4, 0.5) is 5.82 Å². The minimum Gasteiger partial charge on any atom is -0.315 e. The second kappa shape index (κ2) is 8.09. The molecule has 0 atom stereocenters. The normalized spacial score (nSPS) is 12.1. The first-order chi connectivity index (χ1) is 13.8. The van der Waals surface area contributed by atoms with E-state index in [-0.39, 0.29) is 23.6 Å². The zero-order chi connectivity index (χ0) is 21.1. The summed E-state index contributed by atoms with van der Waals surface area (Å²) in [4.78, 5) is 45.2. The molecule has 0 spiro atoms. The Bertz CT molecular complexity index is 1240. The standard InChI is InChI=1S/C20H22N6O3/c1-5-6-7-13(2)14-8-9-15(21-10-14)23-16(27)11-26-12-22-18-17(26)19(28)25(4)20(29)24(18)3/h5-10,12H,11H2,1-4H3,(H,21,23,27). The van der Waals surface area contributed by atoms with E-state index in [2.05, 4.69) is 15.3 Å². The predicted octanol–water partition coefficient (Wildman–Crippen LogP) is 1.45. The van der Waals surface area contributed by atoms with Gasteiger partial charge in [-0.2, -0.15) is 0 Å². The van der Waals surface area contributed by atoms with Gasteiger partial charge in [-0.15, -0.1) is 0 Å². The molecule has 3 aromatic rings. The van der Waals surface area contributed by atoms with Crippen LogP contribution in [0.5, 0.6) is 0 Å². The Labute approximate surface area is 166 Å². The number of allylic oxidation sites excluding steroid dienone is 4. The van der Waals surface area contributed by atoms with Crippen molar-refractivity contribution in [3.63, 3.8) is 0 Å². The predicted molar refractivity (Wildman–Crippen MR) is 112 cm³/mol. The molecule has 0 saturated heterocycles. The maximum atomic E-state index is 12.4. The van der Waals surface area contributed by atoms with Crippen LogP contribution in [0, 0.1) is 0 Å². The number of hydrogen-bond acceptors (Lipinski definition) is 5. The van der Waals surface area contributed by atoms with Crippen molar-refractivity contribution in [1.82, 2.24) is 23.7 Å². The van der Waals surface area contributed by atoms with Gasteiger partial charge in [0.25, 0.3) is 5.56 Å². The van der Waals surface area contributed by atoms with E-state index >= 15 is 0 Å². The van der Waals surface area contributed by atoms with E-state index in [0.29, 0.717) is 5.82 Å². The number of carbonyl (C=O) groups is 1. The number of carbonyl (C=O) groups excluding carboxylic acids is 1. The van der Waals surface area contributed by atoms with Crippen LogP contribution in [0.2, 0.25) is 0 Å². The van der Waals surface area contributed by atoms with Crippen LogP contribution in [0.1, 0.15) is 19.4 Å². The minimum absolute atomic E-state index is 0.131. The summed E-state index contributed by atoms with van der Waals surface area (Å²) in [7, 11) is 2.92. The molecule has 0 fully saturated rings. The van der Waals surface area contributed by atoms with Gasteiger partial charge in [-0.05, 0) is 37.1 Å². The van der Waals surface area contributed by atoms with Gasteiger partial charge in [-0.25, -0.2) is 14.8 Å². The summed E-state index contributed by atoms with van der Waals surface area (Å²) in [6.07, 6.45) is 8.92. The van der Waals surface area contributed by atoms with E-state index in [1.54, 1.807) is 12.3 Å². The Kier molecular flexibility index (Phi) is 5.58. The topological polar surface area (TPSA) is 104 Å². The third-order valence-corrected chi connectivity index (χ3v) is 4.56. The van der Waals surface area contributed by atoms with Crippen LogP contribution in [-0.4, -0.2) is 29.6 Å². The van der Waals surface area contributed by atoms with E-state index < -0.39 is 11.2 Å². The number of hydrogen-bond donors (Lipinski definition) is 1. The summed E-state index contributed by atoms with van der Waals surface area (Å²) in [5.41, 5.74) is 1.46. The Hall–Kier alpha value is -3.75. The highest BCUT2D eigenvalue weighted by molar-refractivity contribution is 5.90.